The van der Waals surface area contributed by atoms with E-state index >= 15 is 0 Å². The monoisotopic (exact) mass is 371 g/mol. The van der Waals surface area contributed by atoms with E-state index in [9.17, 15) is 4.79 Å². The molecule has 1 aromatic carbocycles. The lowest BCUT2D eigenvalue weighted by Gasteiger charge is -2.49. The summed E-state index contributed by atoms with van der Waals surface area (Å²) in [6.45, 7) is 12.1. The molecule has 148 valence electrons. The van der Waals surface area contributed by atoms with Crippen LogP contribution < -0.4 is 4.74 Å². The number of ether oxygens (including phenoxy) is 1. The highest BCUT2D eigenvalue weighted by Crippen LogP contribution is 2.32. The first-order valence-electron chi connectivity index (χ1n) is 10.1. The van der Waals surface area contributed by atoms with E-state index in [1.807, 2.05) is 17.9 Å². The van der Waals surface area contributed by atoms with E-state index in [0.29, 0.717) is 19.6 Å². The molecule has 2 aliphatic heterocycles. The summed E-state index contributed by atoms with van der Waals surface area (Å²) in [6.07, 6.45) is 4.44. The van der Waals surface area contributed by atoms with E-state index in [4.69, 9.17) is 4.74 Å². The molecule has 0 N–H and O–H groups in total. The zero-order chi connectivity index (χ0) is 19.3. The Morgan fingerprint density at radius 3 is 2.67 bits per heavy atom. The molecule has 1 spiro atoms. The van der Waals surface area contributed by atoms with E-state index in [1.54, 1.807) is 0 Å². The lowest BCUT2D eigenvalue weighted by Crippen LogP contribution is -2.60. The summed E-state index contributed by atoms with van der Waals surface area (Å²) in [5, 5.41) is 0. The third-order valence-corrected chi connectivity index (χ3v) is 6.07. The maximum Gasteiger partial charge on any atom is 0.222 e. The maximum atomic E-state index is 12.4. The Morgan fingerprint density at radius 1 is 1.19 bits per heavy atom. The summed E-state index contributed by atoms with van der Waals surface area (Å²) in [5.41, 5.74) is 1.41. The zero-order valence-corrected chi connectivity index (χ0v) is 16.8. The zero-order valence-electron chi connectivity index (χ0n) is 16.8. The molecule has 27 heavy (non-hydrogen) atoms. The Labute approximate surface area is 163 Å². The summed E-state index contributed by atoms with van der Waals surface area (Å²) in [5.74, 6) is 1.20. The molecule has 0 radical (unpaired) electrons. The number of rotatable bonds is 6. The van der Waals surface area contributed by atoms with Crippen LogP contribution in [0.3, 0.4) is 0 Å². The highest BCUT2D eigenvalue weighted by molar-refractivity contribution is 5.76. The van der Waals surface area contributed by atoms with Gasteiger partial charge in [0, 0.05) is 51.2 Å². The fourth-order valence-corrected chi connectivity index (χ4v) is 4.37. The van der Waals surface area contributed by atoms with Crippen LogP contribution in [0.4, 0.5) is 0 Å². The molecule has 2 heterocycles. The second-order valence-electron chi connectivity index (χ2n) is 7.81. The highest BCUT2D eigenvalue weighted by atomic mass is 16.5. The van der Waals surface area contributed by atoms with Crippen molar-refractivity contribution in [2.45, 2.75) is 38.3 Å². The molecule has 5 nitrogen and oxygen atoms in total. The first-order valence-corrected chi connectivity index (χ1v) is 10.1. The van der Waals surface area contributed by atoms with Gasteiger partial charge in [-0.2, -0.15) is 0 Å². The van der Waals surface area contributed by atoms with Gasteiger partial charge in [0.05, 0.1) is 6.61 Å². The summed E-state index contributed by atoms with van der Waals surface area (Å²) in [4.78, 5) is 19.4. The number of likely N-dealkylation sites (tertiary alicyclic amines) is 1. The van der Waals surface area contributed by atoms with Crippen molar-refractivity contribution in [3.63, 3.8) is 0 Å². The quantitative estimate of drug-likeness (QED) is 0.721. The first kappa shape index (κ1) is 19.9. The van der Waals surface area contributed by atoms with Crippen molar-refractivity contribution < 1.29 is 9.53 Å². The fourth-order valence-electron chi connectivity index (χ4n) is 4.37. The number of likely N-dealkylation sites (N-methyl/N-ethyl adjacent to an activating group) is 1. The highest BCUT2D eigenvalue weighted by Gasteiger charge is 2.41. The standard InChI is InChI=1S/C22H33N3O2/c1-4-13-25-14-12-22(11-10-21(25)26)18-24(16-15-23(22)3)17-19-6-8-20(9-7-19)27-5-2/h4,6-9H,1,5,10-18H2,2-3H3/t22-/m1/s1. The number of hydrogen-bond donors (Lipinski definition) is 0. The topological polar surface area (TPSA) is 36.0 Å². The van der Waals surface area contributed by atoms with Crippen LogP contribution in [0.2, 0.25) is 0 Å². The van der Waals surface area contributed by atoms with Gasteiger partial charge < -0.3 is 9.64 Å². The Morgan fingerprint density at radius 2 is 1.96 bits per heavy atom. The summed E-state index contributed by atoms with van der Waals surface area (Å²) >= 11 is 0. The van der Waals surface area contributed by atoms with E-state index in [1.165, 1.54) is 5.56 Å². The molecule has 2 saturated heterocycles. The van der Waals surface area contributed by atoms with Gasteiger partial charge in [-0.3, -0.25) is 14.6 Å². The van der Waals surface area contributed by atoms with Crippen LogP contribution >= 0.6 is 0 Å². The van der Waals surface area contributed by atoms with Gasteiger partial charge in [0.25, 0.3) is 0 Å². The Hall–Kier alpha value is -1.85. The van der Waals surface area contributed by atoms with Gasteiger partial charge in [-0.05, 0) is 44.5 Å². The summed E-state index contributed by atoms with van der Waals surface area (Å²) in [7, 11) is 2.22. The predicted molar refractivity (Wildman–Crippen MR) is 109 cm³/mol. The van der Waals surface area contributed by atoms with E-state index in [2.05, 4.69) is 47.7 Å². The number of carbonyl (C=O) groups excluding carboxylic acids is 1. The van der Waals surface area contributed by atoms with Crippen LogP contribution in [0.1, 0.15) is 31.7 Å². The van der Waals surface area contributed by atoms with Gasteiger partial charge in [0.1, 0.15) is 5.75 Å². The van der Waals surface area contributed by atoms with Crippen molar-refractivity contribution in [3.8, 4) is 5.75 Å². The molecule has 0 unspecified atom stereocenters. The fraction of sp³-hybridized carbons (Fsp3) is 0.591. The molecule has 5 heteroatoms. The third kappa shape index (κ3) is 4.71. The van der Waals surface area contributed by atoms with E-state index < -0.39 is 0 Å². The Balaban J connectivity index is 1.66. The van der Waals surface area contributed by atoms with Crippen LogP contribution in [-0.2, 0) is 11.3 Å². The largest absolute Gasteiger partial charge is 0.494 e. The molecule has 3 rings (SSSR count). The van der Waals surface area contributed by atoms with Gasteiger partial charge in [0.15, 0.2) is 0 Å². The van der Waals surface area contributed by atoms with Crippen molar-refractivity contribution in [2.24, 2.45) is 0 Å². The van der Waals surface area contributed by atoms with Crippen LogP contribution in [0.25, 0.3) is 0 Å². The average Bonchev–Trinajstić information content (AvgIpc) is 2.82. The molecular weight excluding hydrogens is 338 g/mol. The van der Waals surface area contributed by atoms with Crippen LogP contribution in [0, 0.1) is 0 Å². The summed E-state index contributed by atoms with van der Waals surface area (Å²) in [6, 6.07) is 8.45. The Bertz CT molecular complexity index is 645. The molecule has 0 bridgehead atoms. The third-order valence-electron chi connectivity index (χ3n) is 6.07. The van der Waals surface area contributed by atoms with Crippen LogP contribution in [0.15, 0.2) is 36.9 Å². The molecule has 1 aromatic rings. The minimum atomic E-state index is 0.0924. The molecular formula is C22H33N3O2. The normalized spacial score (nSPS) is 24.8. The minimum Gasteiger partial charge on any atom is -0.494 e. The van der Waals surface area contributed by atoms with E-state index in [-0.39, 0.29) is 11.4 Å². The van der Waals surface area contributed by atoms with Crippen molar-refractivity contribution in [2.75, 3.05) is 46.4 Å². The van der Waals surface area contributed by atoms with Gasteiger partial charge in [0.2, 0.25) is 5.91 Å². The van der Waals surface area contributed by atoms with Crippen molar-refractivity contribution in [3.05, 3.63) is 42.5 Å². The number of benzene rings is 1. The second kappa shape index (κ2) is 8.89. The lowest BCUT2D eigenvalue weighted by molar-refractivity contribution is -0.130. The second-order valence-corrected chi connectivity index (χ2v) is 7.81. The lowest BCUT2D eigenvalue weighted by atomic mass is 9.86. The number of amides is 1. The van der Waals surface area contributed by atoms with Gasteiger partial charge in [-0.15, -0.1) is 6.58 Å². The van der Waals surface area contributed by atoms with Crippen LogP contribution in [-0.4, -0.2) is 72.5 Å². The molecule has 2 fully saturated rings. The van der Waals surface area contributed by atoms with Gasteiger partial charge in [-0.25, -0.2) is 0 Å². The number of piperazine rings is 1. The van der Waals surface area contributed by atoms with Crippen LogP contribution in [0.5, 0.6) is 5.75 Å². The Kier molecular flexibility index (Phi) is 6.55. The molecule has 0 aromatic heterocycles. The smallest absolute Gasteiger partial charge is 0.222 e. The van der Waals surface area contributed by atoms with Gasteiger partial charge >= 0.3 is 0 Å². The molecule has 0 aliphatic carbocycles. The SMILES string of the molecule is C=CCN1CC[C@]2(CCC1=O)CN(Cc1ccc(OCC)cc1)CCN2C. The maximum absolute atomic E-state index is 12.4. The number of hydrogen-bond acceptors (Lipinski definition) is 4. The number of carbonyl (C=O) groups is 1. The molecule has 1 atom stereocenters. The van der Waals surface area contributed by atoms with Gasteiger partial charge in [-0.1, -0.05) is 18.2 Å². The summed E-state index contributed by atoms with van der Waals surface area (Å²) < 4.78 is 5.54. The average molecular weight is 372 g/mol. The number of nitrogens with zero attached hydrogens (tertiary/aromatic N) is 3. The van der Waals surface area contributed by atoms with Crippen molar-refractivity contribution in [1.29, 1.82) is 0 Å². The minimum absolute atomic E-state index is 0.0924. The van der Waals surface area contributed by atoms with Crippen molar-refractivity contribution >= 4 is 5.91 Å². The van der Waals surface area contributed by atoms with Crippen molar-refractivity contribution in [1.82, 2.24) is 14.7 Å². The molecule has 0 saturated carbocycles. The molecule has 2 aliphatic rings. The first-order chi connectivity index (χ1) is 13.1. The van der Waals surface area contributed by atoms with E-state index in [0.717, 1.165) is 51.3 Å². The molecule has 1 amide bonds. The predicted octanol–water partition coefficient (Wildman–Crippen LogP) is 2.77.